The molecule has 2 N–H and O–H groups in total. The highest BCUT2D eigenvalue weighted by Crippen LogP contribution is 2.15. The molecule has 0 saturated heterocycles. The van der Waals surface area contributed by atoms with Crippen LogP contribution in [0.1, 0.15) is 0 Å². The predicted molar refractivity (Wildman–Crippen MR) is 50.9 cm³/mol. The summed E-state index contributed by atoms with van der Waals surface area (Å²) in [4.78, 5) is 3.76. The molecule has 0 aliphatic rings. The molecule has 0 atom stereocenters. The van der Waals surface area contributed by atoms with Gasteiger partial charge in [-0.05, 0) is 12.1 Å². The summed E-state index contributed by atoms with van der Waals surface area (Å²) in [5.74, 6) is -0.0903. The number of hydrogen-bond donors (Lipinski definition) is 1. The lowest BCUT2D eigenvalue weighted by atomic mass is 10.5. The van der Waals surface area contributed by atoms with Crippen LogP contribution < -0.4 is 5.73 Å². The largest absolute Gasteiger partial charge is 0.383 e. The first-order valence-electron chi connectivity index (χ1n) is 3.62. The minimum Gasteiger partial charge on any atom is -0.383 e. The van der Waals surface area contributed by atoms with E-state index in [-0.39, 0.29) is 16.5 Å². The molecule has 0 fully saturated rings. The SMILES string of the molecule is C=CCS(=O)(=O)c1cccnc1N. The maximum atomic E-state index is 11.5. The van der Waals surface area contributed by atoms with Crippen LogP contribution in [0.2, 0.25) is 0 Å². The van der Waals surface area contributed by atoms with Crippen molar-refractivity contribution >= 4 is 15.7 Å². The molecule has 0 unspecified atom stereocenters. The van der Waals surface area contributed by atoms with Gasteiger partial charge in [-0.3, -0.25) is 0 Å². The second-order valence-electron chi connectivity index (χ2n) is 2.46. The van der Waals surface area contributed by atoms with Gasteiger partial charge in [0.15, 0.2) is 9.84 Å². The quantitative estimate of drug-likeness (QED) is 0.723. The number of sulfone groups is 1. The van der Waals surface area contributed by atoms with Crippen molar-refractivity contribution in [1.82, 2.24) is 4.98 Å². The molecule has 0 aliphatic carbocycles. The molecule has 0 aliphatic heterocycles. The van der Waals surface area contributed by atoms with Gasteiger partial charge in [-0.1, -0.05) is 6.08 Å². The fourth-order valence-electron chi connectivity index (χ4n) is 0.911. The van der Waals surface area contributed by atoms with Crippen LogP contribution in [0.4, 0.5) is 5.82 Å². The summed E-state index contributed by atoms with van der Waals surface area (Å²) in [6.07, 6.45) is 2.77. The van der Waals surface area contributed by atoms with E-state index in [1.807, 2.05) is 0 Å². The third kappa shape index (κ3) is 2.06. The van der Waals surface area contributed by atoms with Crippen LogP contribution in [0.15, 0.2) is 35.9 Å². The first kappa shape index (κ1) is 9.73. The molecule has 0 radical (unpaired) electrons. The van der Waals surface area contributed by atoms with E-state index in [2.05, 4.69) is 11.6 Å². The van der Waals surface area contributed by atoms with Crippen molar-refractivity contribution in [2.24, 2.45) is 0 Å². The van der Waals surface area contributed by atoms with Crippen LogP contribution in [0.3, 0.4) is 0 Å². The van der Waals surface area contributed by atoms with Crippen LogP contribution in [0.25, 0.3) is 0 Å². The number of nitrogen functional groups attached to an aromatic ring is 1. The van der Waals surface area contributed by atoms with Crippen molar-refractivity contribution in [3.63, 3.8) is 0 Å². The van der Waals surface area contributed by atoms with E-state index < -0.39 is 9.84 Å². The minimum absolute atomic E-state index is 0.0318. The van der Waals surface area contributed by atoms with Gasteiger partial charge in [-0.25, -0.2) is 13.4 Å². The molecule has 1 aromatic rings. The van der Waals surface area contributed by atoms with E-state index in [4.69, 9.17) is 5.73 Å². The Bertz CT molecular complexity index is 412. The lowest BCUT2D eigenvalue weighted by Gasteiger charge is -2.02. The average molecular weight is 198 g/mol. The van der Waals surface area contributed by atoms with Crippen LogP contribution >= 0.6 is 0 Å². The minimum atomic E-state index is -3.35. The van der Waals surface area contributed by atoms with Crippen LogP contribution in [-0.4, -0.2) is 19.2 Å². The lowest BCUT2D eigenvalue weighted by Crippen LogP contribution is -2.08. The van der Waals surface area contributed by atoms with Crippen molar-refractivity contribution in [1.29, 1.82) is 0 Å². The second-order valence-corrected chi connectivity index (χ2v) is 4.46. The molecule has 13 heavy (non-hydrogen) atoms. The maximum Gasteiger partial charge on any atom is 0.185 e. The van der Waals surface area contributed by atoms with Crippen LogP contribution in [0, 0.1) is 0 Å². The molecular formula is C8H10N2O2S. The van der Waals surface area contributed by atoms with Crippen molar-refractivity contribution < 1.29 is 8.42 Å². The Morgan fingerprint density at radius 2 is 2.31 bits per heavy atom. The van der Waals surface area contributed by atoms with E-state index >= 15 is 0 Å². The topological polar surface area (TPSA) is 73.0 Å². The summed E-state index contributed by atoms with van der Waals surface area (Å²) < 4.78 is 22.9. The Labute approximate surface area is 77.0 Å². The van der Waals surface area contributed by atoms with Crippen LogP contribution in [-0.2, 0) is 9.84 Å². The summed E-state index contributed by atoms with van der Waals surface area (Å²) >= 11 is 0. The first-order valence-corrected chi connectivity index (χ1v) is 5.27. The first-order chi connectivity index (χ1) is 6.08. The van der Waals surface area contributed by atoms with Crippen molar-refractivity contribution in [2.75, 3.05) is 11.5 Å². The number of nitrogens with zero attached hydrogens (tertiary/aromatic N) is 1. The number of nitrogens with two attached hydrogens (primary N) is 1. The molecule has 1 aromatic heterocycles. The summed E-state index contributed by atoms with van der Waals surface area (Å²) in [5, 5.41) is 0. The predicted octanol–water partition coefficient (Wildman–Crippen LogP) is 0.624. The van der Waals surface area contributed by atoms with Crippen molar-refractivity contribution in [3.8, 4) is 0 Å². The zero-order valence-corrected chi connectivity index (χ0v) is 7.79. The van der Waals surface area contributed by atoms with Crippen LogP contribution in [0.5, 0.6) is 0 Å². The molecule has 1 heterocycles. The Kier molecular flexibility index (Phi) is 2.67. The van der Waals surface area contributed by atoms with E-state index in [1.54, 1.807) is 0 Å². The number of pyridine rings is 1. The molecule has 0 saturated carbocycles. The Balaban J connectivity index is 3.22. The molecule has 5 heteroatoms. The number of aromatic nitrogens is 1. The summed E-state index contributed by atoms with van der Waals surface area (Å²) in [6.45, 7) is 3.36. The fourth-order valence-corrected chi connectivity index (χ4v) is 2.06. The molecule has 1 rings (SSSR count). The van der Waals surface area contributed by atoms with Crippen molar-refractivity contribution in [3.05, 3.63) is 31.0 Å². The normalized spacial score (nSPS) is 11.1. The van der Waals surface area contributed by atoms with Gasteiger partial charge in [-0.15, -0.1) is 6.58 Å². The van der Waals surface area contributed by atoms with E-state index in [1.165, 1.54) is 24.4 Å². The monoisotopic (exact) mass is 198 g/mol. The zero-order valence-electron chi connectivity index (χ0n) is 6.97. The molecule has 0 amide bonds. The molecule has 4 nitrogen and oxygen atoms in total. The fraction of sp³-hybridized carbons (Fsp3) is 0.125. The van der Waals surface area contributed by atoms with Gasteiger partial charge in [0.2, 0.25) is 0 Å². The molecular weight excluding hydrogens is 188 g/mol. The number of anilines is 1. The highest BCUT2D eigenvalue weighted by Gasteiger charge is 2.15. The van der Waals surface area contributed by atoms with Gasteiger partial charge in [0.25, 0.3) is 0 Å². The lowest BCUT2D eigenvalue weighted by molar-refractivity contribution is 0.599. The van der Waals surface area contributed by atoms with Gasteiger partial charge >= 0.3 is 0 Å². The molecule has 0 bridgehead atoms. The number of hydrogen-bond acceptors (Lipinski definition) is 4. The van der Waals surface area contributed by atoms with Gasteiger partial charge in [0, 0.05) is 6.20 Å². The third-order valence-corrected chi connectivity index (χ3v) is 3.16. The Hall–Kier alpha value is -1.36. The molecule has 0 aromatic carbocycles. The average Bonchev–Trinajstić information content (AvgIpc) is 2.04. The third-order valence-electron chi connectivity index (χ3n) is 1.47. The standard InChI is InChI=1S/C8H10N2O2S/c1-2-6-13(11,12)7-4-3-5-10-8(7)9/h2-5H,1,6H2,(H2,9,10). The highest BCUT2D eigenvalue weighted by molar-refractivity contribution is 7.91. The van der Waals surface area contributed by atoms with Crippen molar-refractivity contribution in [2.45, 2.75) is 4.90 Å². The van der Waals surface area contributed by atoms with Gasteiger partial charge in [0.05, 0.1) is 5.75 Å². The Morgan fingerprint density at radius 1 is 1.62 bits per heavy atom. The maximum absolute atomic E-state index is 11.5. The van der Waals surface area contributed by atoms with Gasteiger partial charge < -0.3 is 5.73 Å². The second kappa shape index (κ2) is 3.57. The smallest absolute Gasteiger partial charge is 0.185 e. The Morgan fingerprint density at radius 3 is 2.85 bits per heavy atom. The van der Waals surface area contributed by atoms with E-state index in [9.17, 15) is 8.42 Å². The van der Waals surface area contributed by atoms with Gasteiger partial charge in [-0.2, -0.15) is 0 Å². The summed E-state index contributed by atoms with van der Waals surface area (Å²) in [5.41, 5.74) is 5.41. The molecule has 0 spiro atoms. The number of rotatable bonds is 3. The van der Waals surface area contributed by atoms with E-state index in [0.29, 0.717) is 0 Å². The summed E-state index contributed by atoms with van der Waals surface area (Å²) in [7, 11) is -3.35. The molecule has 70 valence electrons. The van der Waals surface area contributed by atoms with Gasteiger partial charge in [0.1, 0.15) is 10.7 Å². The highest BCUT2D eigenvalue weighted by atomic mass is 32.2. The van der Waals surface area contributed by atoms with E-state index in [0.717, 1.165) is 0 Å². The zero-order chi connectivity index (χ0) is 9.90. The summed E-state index contributed by atoms with van der Waals surface area (Å²) in [6, 6.07) is 2.97.